The van der Waals surface area contributed by atoms with Gasteiger partial charge in [0, 0.05) is 0 Å². The summed E-state index contributed by atoms with van der Waals surface area (Å²) in [5.74, 6) is 0.464. The largest absolute Gasteiger partial charge is 0.468 e. The molecule has 0 aliphatic heterocycles. The Kier molecular flexibility index (Phi) is 5.98. The van der Waals surface area contributed by atoms with Gasteiger partial charge >= 0.3 is 0 Å². The van der Waals surface area contributed by atoms with Crippen LogP contribution in [0.5, 0.6) is 0 Å². The minimum atomic E-state index is -3.83. The molecular formula is C19H18N2O5S2. The molecule has 0 spiro atoms. The van der Waals surface area contributed by atoms with E-state index >= 15 is 0 Å². The second kappa shape index (κ2) is 8.42. The van der Waals surface area contributed by atoms with E-state index in [4.69, 9.17) is 4.42 Å². The van der Waals surface area contributed by atoms with Crippen molar-refractivity contribution in [3.8, 4) is 0 Å². The molecule has 2 N–H and O–H groups in total. The smallest absolute Gasteiger partial charge is 0.255 e. The summed E-state index contributed by atoms with van der Waals surface area (Å²) < 4.78 is 59.1. The summed E-state index contributed by atoms with van der Waals surface area (Å²) >= 11 is 0. The number of hydrogen-bond acceptors (Lipinski definition) is 5. The second-order valence-electron chi connectivity index (χ2n) is 5.79. The predicted octanol–water partition coefficient (Wildman–Crippen LogP) is 3.17. The van der Waals surface area contributed by atoms with Gasteiger partial charge in [-0.15, -0.1) is 0 Å². The number of anilines is 1. The van der Waals surface area contributed by atoms with Crippen LogP contribution in [0.15, 0.2) is 87.7 Å². The van der Waals surface area contributed by atoms with Gasteiger partial charge in [0.05, 0.1) is 28.8 Å². The number of rotatable bonds is 8. The van der Waals surface area contributed by atoms with Crippen LogP contribution in [0.1, 0.15) is 11.3 Å². The topological polar surface area (TPSA) is 105 Å². The fourth-order valence-electron chi connectivity index (χ4n) is 2.32. The monoisotopic (exact) mass is 418 g/mol. The Labute approximate surface area is 163 Å². The van der Waals surface area contributed by atoms with E-state index < -0.39 is 20.0 Å². The Morgan fingerprint density at radius 1 is 0.893 bits per heavy atom. The fourth-order valence-corrected chi connectivity index (χ4v) is 4.22. The van der Waals surface area contributed by atoms with Gasteiger partial charge in [0.1, 0.15) is 5.76 Å². The van der Waals surface area contributed by atoms with Crippen molar-refractivity contribution < 1.29 is 21.3 Å². The molecule has 0 bridgehead atoms. The molecule has 9 heteroatoms. The minimum absolute atomic E-state index is 0.00883. The Bertz CT molecular complexity index is 1150. The molecule has 0 fully saturated rings. The second-order valence-corrected chi connectivity index (χ2v) is 9.13. The van der Waals surface area contributed by atoms with Crippen LogP contribution >= 0.6 is 0 Å². The van der Waals surface area contributed by atoms with Gasteiger partial charge < -0.3 is 4.42 Å². The molecule has 28 heavy (non-hydrogen) atoms. The van der Waals surface area contributed by atoms with Crippen molar-refractivity contribution in [3.63, 3.8) is 0 Å². The minimum Gasteiger partial charge on any atom is -0.468 e. The molecule has 0 aliphatic carbocycles. The van der Waals surface area contributed by atoms with Gasteiger partial charge in [-0.3, -0.25) is 4.72 Å². The molecule has 3 aromatic rings. The first-order valence-corrected chi connectivity index (χ1v) is 11.3. The summed E-state index contributed by atoms with van der Waals surface area (Å²) in [7, 11) is -7.64. The van der Waals surface area contributed by atoms with Gasteiger partial charge in [0.2, 0.25) is 10.0 Å². The van der Waals surface area contributed by atoms with E-state index in [1.807, 2.05) is 6.07 Å². The van der Waals surface area contributed by atoms with E-state index in [2.05, 4.69) is 9.44 Å². The lowest BCUT2D eigenvalue weighted by Gasteiger charge is -2.09. The summed E-state index contributed by atoms with van der Waals surface area (Å²) in [5.41, 5.74) is 0.866. The van der Waals surface area contributed by atoms with Crippen molar-refractivity contribution in [2.45, 2.75) is 11.4 Å². The predicted molar refractivity (Wildman–Crippen MR) is 107 cm³/mol. The summed E-state index contributed by atoms with van der Waals surface area (Å²) in [5, 5.41) is 1.03. The average Bonchev–Trinajstić information content (AvgIpc) is 3.19. The van der Waals surface area contributed by atoms with E-state index in [1.165, 1.54) is 36.6 Å². The zero-order chi connectivity index (χ0) is 20.0. The molecule has 0 radical (unpaired) electrons. The Morgan fingerprint density at radius 2 is 1.68 bits per heavy atom. The van der Waals surface area contributed by atoms with Gasteiger partial charge in [-0.1, -0.05) is 36.4 Å². The first-order chi connectivity index (χ1) is 13.3. The van der Waals surface area contributed by atoms with E-state index in [1.54, 1.807) is 36.4 Å². The normalized spacial score (nSPS) is 12.3. The molecule has 0 amide bonds. The van der Waals surface area contributed by atoms with Gasteiger partial charge in [0.15, 0.2) is 0 Å². The van der Waals surface area contributed by atoms with E-state index in [-0.39, 0.29) is 17.1 Å². The SMILES string of the molecule is O=S(=O)(/C=C/c1ccccc1)Nc1cccc(S(=O)(=O)NCc2ccco2)c1. The van der Waals surface area contributed by atoms with E-state index in [9.17, 15) is 16.8 Å². The van der Waals surface area contributed by atoms with Crippen LogP contribution in [0.3, 0.4) is 0 Å². The van der Waals surface area contributed by atoms with Crippen LogP contribution in [0, 0.1) is 0 Å². The van der Waals surface area contributed by atoms with Gasteiger partial charge in [-0.2, -0.15) is 0 Å². The molecule has 3 rings (SSSR count). The fraction of sp³-hybridized carbons (Fsp3) is 0.0526. The van der Waals surface area contributed by atoms with Gasteiger partial charge in [0.25, 0.3) is 10.0 Å². The third-order valence-electron chi connectivity index (χ3n) is 3.66. The molecule has 146 valence electrons. The van der Waals surface area contributed by atoms with Crippen molar-refractivity contribution in [1.82, 2.24) is 4.72 Å². The maximum atomic E-state index is 12.4. The highest BCUT2D eigenvalue weighted by Gasteiger charge is 2.16. The lowest BCUT2D eigenvalue weighted by Crippen LogP contribution is -2.23. The molecule has 0 aliphatic rings. The molecule has 7 nitrogen and oxygen atoms in total. The Hall–Kier alpha value is -2.88. The van der Waals surface area contributed by atoms with Crippen LogP contribution in [-0.4, -0.2) is 16.8 Å². The summed E-state index contributed by atoms with van der Waals surface area (Å²) in [4.78, 5) is -0.0636. The van der Waals surface area contributed by atoms with Crippen molar-refractivity contribution in [3.05, 3.63) is 89.7 Å². The van der Waals surface area contributed by atoms with Crippen molar-refractivity contribution >= 4 is 31.8 Å². The molecule has 0 unspecified atom stereocenters. The van der Waals surface area contributed by atoms with Crippen molar-refractivity contribution in [2.24, 2.45) is 0 Å². The number of benzene rings is 2. The van der Waals surface area contributed by atoms with Crippen LogP contribution in [0.25, 0.3) is 6.08 Å². The number of furan rings is 1. The quantitative estimate of drug-likeness (QED) is 0.585. The lowest BCUT2D eigenvalue weighted by atomic mass is 10.2. The Morgan fingerprint density at radius 3 is 2.39 bits per heavy atom. The molecule has 0 atom stereocenters. The molecule has 2 aromatic carbocycles. The highest BCUT2D eigenvalue weighted by molar-refractivity contribution is 7.95. The summed E-state index contributed by atoms with van der Waals surface area (Å²) in [6.07, 6.45) is 2.90. The zero-order valence-corrected chi connectivity index (χ0v) is 16.3. The van der Waals surface area contributed by atoms with E-state index in [0.29, 0.717) is 5.76 Å². The molecule has 1 heterocycles. The number of sulfonamides is 2. The van der Waals surface area contributed by atoms with Crippen molar-refractivity contribution in [2.75, 3.05) is 4.72 Å². The highest BCUT2D eigenvalue weighted by atomic mass is 32.2. The van der Waals surface area contributed by atoms with Crippen molar-refractivity contribution in [1.29, 1.82) is 0 Å². The molecule has 0 saturated carbocycles. The zero-order valence-electron chi connectivity index (χ0n) is 14.6. The first-order valence-electron chi connectivity index (χ1n) is 8.22. The third kappa shape index (κ3) is 5.56. The van der Waals surface area contributed by atoms with Crippen LogP contribution in [-0.2, 0) is 26.6 Å². The average molecular weight is 418 g/mol. The maximum absolute atomic E-state index is 12.4. The third-order valence-corrected chi connectivity index (χ3v) is 6.07. The maximum Gasteiger partial charge on any atom is 0.255 e. The van der Waals surface area contributed by atoms with Crippen LogP contribution in [0.2, 0.25) is 0 Å². The summed E-state index contributed by atoms with van der Waals surface area (Å²) in [6, 6.07) is 17.8. The number of hydrogen-bond donors (Lipinski definition) is 2. The standard InChI is InChI=1S/C19H18N2O5S2/c22-27(23,13-11-16-6-2-1-3-7-16)21-17-8-4-10-19(14-17)28(24,25)20-15-18-9-5-12-26-18/h1-14,20-21H,15H2/b13-11+. The van der Waals surface area contributed by atoms with Crippen LogP contribution < -0.4 is 9.44 Å². The molecule has 1 aromatic heterocycles. The van der Waals surface area contributed by atoms with Gasteiger partial charge in [-0.25, -0.2) is 21.6 Å². The number of nitrogens with one attached hydrogen (secondary N) is 2. The highest BCUT2D eigenvalue weighted by Crippen LogP contribution is 2.18. The summed E-state index contributed by atoms with van der Waals surface area (Å²) in [6.45, 7) is -0.00883. The molecule has 0 saturated heterocycles. The van der Waals surface area contributed by atoms with E-state index in [0.717, 1.165) is 11.0 Å². The lowest BCUT2D eigenvalue weighted by molar-refractivity contribution is 0.498. The Balaban J connectivity index is 1.72. The first kappa shape index (κ1) is 19.9. The van der Waals surface area contributed by atoms with Crippen LogP contribution in [0.4, 0.5) is 5.69 Å². The molecular weight excluding hydrogens is 400 g/mol. The van der Waals surface area contributed by atoms with Gasteiger partial charge in [-0.05, 0) is 42.0 Å².